The fourth-order valence-electron chi connectivity index (χ4n) is 3.37. The molecule has 1 fully saturated rings. The third-order valence-electron chi connectivity index (χ3n) is 5.32. The van der Waals surface area contributed by atoms with Crippen molar-refractivity contribution in [3.63, 3.8) is 0 Å². The lowest BCUT2D eigenvalue weighted by molar-refractivity contribution is -0.137. The molecule has 31 heavy (non-hydrogen) atoms. The maximum atomic E-state index is 13.3. The number of urea groups is 1. The summed E-state index contributed by atoms with van der Waals surface area (Å²) in [5, 5.41) is 2.84. The number of benzene rings is 2. The summed E-state index contributed by atoms with van der Waals surface area (Å²) in [7, 11) is 2.03. The number of terminal acetylenes is 1. The maximum absolute atomic E-state index is 13.3. The van der Waals surface area contributed by atoms with E-state index < -0.39 is 17.8 Å². The number of nitrogens with one attached hydrogen (secondary N) is 1. The molecule has 1 aliphatic heterocycles. The Kier molecular flexibility index (Phi) is 6.88. The van der Waals surface area contributed by atoms with Gasteiger partial charge in [-0.3, -0.25) is 9.80 Å². The largest absolute Gasteiger partial charge is 0.416 e. The number of carbonyl (C=O) groups excluding carboxylic acids is 1. The molecule has 2 amide bonds. The van der Waals surface area contributed by atoms with E-state index in [4.69, 9.17) is 6.42 Å². The second-order valence-corrected chi connectivity index (χ2v) is 7.59. The molecule has 1 aliphatic rings. The smallest absolute Gasteiger partial charge is 0.325 e. The minimum absolute atomic E-state index is 0.109. The summed E-state index contributed by atoms with van der Waals surface area (Å²) in [6, 6.07) is 9.23. The quantitative estimate of drug-likeness (QED) is 0.744. The van der Waals surface area contributed by atoms with Gasteiger partial charge in [0.05, 0.1) is 23.6 Å². The third-order valence-corrected chi connectivity index (χ3v) is 5.32. The molecular formula is C23H25F3N4O. The van der Waals surface area contributed by atoms with Gasteiger partial charge in [0.2, 0.25) is 0 Å². The molecule has 0 unspecified atom stereocenters. The molecule has 5 nitrogen and oxygen atoms in total. The van der Waals surface area contributed by atoms with Crippen LogP contribution in [0.5, 0.6) is 0 Å². The molecule has 2 aromatic carbocycles. The molecule has 3 rings (SSSR count). The van der Waals surface area contributed by atoms with Gasteiger partial charge < -0.3 is 10.2 Å². The van der Waals surface area contributed by atoms with E-state index in [1.54, 1.807) is 18.2 Å². The highest BCUT2D eigenvalue weighted by molar-refractivity contribution is 5.99. The summed E-state index contributed by atoms with van der Waals surface area (Å²) in [6.45, 7) is 5.50. The first kappa shape index (κ1) is 22.7. The minimum Gasteiger partial charge on any atom is -0.325 e. The van der Waals surface area contributed by atoms with E-state index in [2.05, 4.69) is 21.0 Å². The highest BCUT2D eigenvalue weighted by Gasteiger charge is 2.31. The van der Waals surface area contributed by atoms with Crippen molar-refractivity contribution >= 4 is 17.4 Å². The molecule has 1 saturated heterocycles. The summed E-state index contributed by atoms with van der Waals surface area (Å²) >= 11 is 0. The zero-order chi connectivity index (χ0) is 22.6. The number of alkyl halides is 3. The van der Waals surface area contributed by atoms with Crippen LogP contribution in [0.1, 0.15) is 16.7 Å². The molecule has 164 valence electrons. The van der Waals surface area contributed by atoms with Crippen LogP contribution in [0.4, 0.5) is 29.3 Å². The Morgan fingerprint density at radius 2 is 1.81 bits per heavy atom. The fourth-order valence-corrected chi connectivity index (χ4v) is 3.37. The second-order valence-electron chi connectivity index (χ2n) is 7.59. The lowest BCUT2D eigenvalue weighted by atomic mass is 10.1. The Bertz CT molecular complexity index is 976. The molecule has 0 atom stereocenters. The number of nitrogens with zero attached hydrogens (tertiary/aromatic N) is 3. The van der Waals surface area contributed by atoms with Crippen molar-refractivity contribution in [3.05, 3.63) is 59.2 Å². The molecule has 1 N–H and O–H groups in total. The van der Waals surface area contributed by atoms with Gasteiger partial charge in [-0.25, -0.2) is 4.79 Å². The lowest BCUT2D eigenvalue weighted by Crippen LogP contribution is -2.50. The number of hydrogen-bond donors (Lipinski definition) is 1. The van der Waals surface area contributed by atoms with Crippen molar-refractivity contribution in [2.45, 2.75) is 13.1 Å². The highest BCUT2D eigenvalue weighted by Crippen LogP contribution is 2.34. The van der Waals surface area contributed by atoms with Crippen molar-refractivity contribution in [1.82, 2.24) is 15.1 Å². The van der Waals surface area contributed by atoms with Gasteiger partial charge in [-0.2, -0.15) is 13.2 Å². The number of amides is 2. The standard InChI is InChI=1S/C23H25F3N4O/c1-4-18-14-21(9-8-17(18)2)30(20-7-5-6-19(15-20)23(24,25)26)22(31)27-16-29-12-10-28(3)11-13-29/h1,5-9,14-15H,10-13,16H2,2-3H3,(H,27,31). The average Bonchev–Trinajstić information content (AvgIpc) is 2.74. The van der Waals surface area contributed by atoms with Crippen molar-refractivity contribution in [1.29, 1.82) is 0 Å². The number of hydrogen-bond acceptors (Lipinski definition) is 3. The van der Waals surface area contributed by atoms with Gasteiger partial charge in [-0.05, 0) is 49.9 Å². The van der Waals surface area contributed by atoms with Gasteiger partial charge in [0.15, 0.2) is 0 Å². The molecule has 0 saturated carbocycles. The molecule has 0 spiro atoms. The van der Waals surface area contributed by atoms with E-state index in [1.807, 2.05) is 14.0 Å². The van der Waals surface area contributed by atoms with Crippen LogP contribution in [0.25, 0.3) is 0 Å². The van der Waals surface area contributed by atoms with Crippen LogP contribution in [0.2, 0.25) is 0 Å². The van der Waals surface area contributed by atoms with Gasteiger partial charge in [-0.15, -0.1) is 6.42 Å². The van der Waals surface area contributed by atoms with Crippen LogP contribution in [-0.2, 0) is 6.18 Å². The van der Waals surface area contributed by atoms with E-state index in [0.29, 0.717) is 17.9 Å². The lowest BCUT2D eigenvalue weighted by Gasteiger charge is -2.33. The normalized spacial score (nSPS) is 15.4. The number of halogens is 3. The van der Waals surface area contributed by atoms with Gasteiger partial charge in [0.25, 0.3) is 0 Å². The molecule has 0 aliphatic carbocycles. The van der Waals surface area contributed by atoms with Gasteiger partial charge in [0, 0.05) is 31.7 Å². The predicted octanol–water partition coefficient (Wildman–Crippen LogP) is 4.05. The summed E-state index contributed by atoms with van der Waals surface area (Å²) in [4.78, 5) is 18.7. The number of likely N-dealkylation sites (N-methyl/N-ethyl adjacent to an activating group) is 1. The average molecular weight is 430 g/mol. The summed E-state index contributed by atoms with van der Waals surface area (Å²) in [6.07, 6.45) is 1.04. The number of carbonyl (C=O) groups is 1. The highest BCUT2D eigenvalue weighted by atomic mass is 19.4. The van der Waals surface area contributed by atoms with E-state index in [9.17, 15) is 18.0 Å². The van der Waals surface area contributed by atoms with Crippen molar-refractivity contribution in [2.24, 2.45) is 0 Å². The van der Waals surface area contributed by atoms with Crippen molar-refractivity contribution in [2.75, 3.05) is 44.8 Å². The Morgan fingerprint density at radius 1 is 1.13 bits per heavy atom. The van der Waals surface area contributed by atoms with E-state index in [0.717, 1.165) is 43.9 Å². The monoisotopic (exact) mass is 430 g/mol. The summed E-state index contributed by atoms with van der Waals surface area (Å²) in [5.74, 6) is 2.55. The van der Waals surface area contributed by atoms with Crippen LogP contribution in [0, 0.1) is 19.3 Å². The minimum atomic E-state index is -4.52. The van der Waals surface area contributed by atoms with Crippen LogP contribution >= 0.6 is 0 Å². The van der Waals surface area contributed by atoms with Gasteiger partial charge >= 0.3 is 12.2 Å². The number of piperazine rings is 1. The molecule has 8 heteroatoms. The van der Waals surface area contributed by atoms with E-state index >= 15 is 0 Å². The van der Waals surface area contributed by atoms with Gasteiger partial charge in [-0.1, -0.05) is 18.1 Å². The van der Waals surface area contributed by atoms with Crippen molar-refractivity contribution in [3.8, 4) is 12.3 Å². The van der Waals surface area contributed by atoms with Crippen LogP contribution in [0.15, 0.2) is 42.5 Å². The van der Waals surface area contributed by atoms with Gasteiger partial charge in [0.1, 0.15) is 0 Å². The molecule has 0 radical (unpaired) electrons. The maximum Gasteiger partial charge on any atom is 0.416 e. The van der Waals surface area contributed by atoms with E-state index in [-0.39, 0.29) is 5.69 Å². The van der Waals surface area contributed by atoms with Crippen LogP contribution in [-0.4, -0.2) is 55.7 Å². The van der Waals surface area contributed by atoms with Crippen molar-refractivity contribution < 1.29 is 18.0 Å². The third kappa shape index (κ3) is 5.57. The molecular weight excluding hydrogens is 405 g/mol. The first-order valence-corrected chi connectivity index (χ1v) is 9.92. The summed E-state index contributed by atoms with van der Waals surface area (Å²) in [5.41, 5.74) is 1.09. The Morgan fingerprint density at radius 3 is 2.45 bits per heavy atom. The number of rotatable bonds is 4. The fraction of sp³-hybridized carbons (Fsp3) is 0.348. The van der Waals surface area contributed by atoms with Crippen LogP contribution < -0.4 is 10.2 Å². The topological polar surface area (TPSA) is 38.8 Å². The molecule has 1 heterocycles. The van der Waals surface area contributed by atoms with E-state index in [1.165, 1.54) is 17.0 Å². The Balaban J connectivity index is 1.91. The molecule has 0 aromatic heterocycles. The second kappa shape index (κ2) is 9.41. The summed E-state index contributed by atoms with van der Waals surface area (Å²) < 4.78 is 39.8. The number of aryl methyl sites for hydroxylation is 1. The first-order valence-electron chi connectivity index (χ1n) is 9.92. The van der Waals surface area contributed by atoms with Crippen LogP contribution in [0.3, 0.4) is 0 Å². The zero-order valence-electron chi connectivity index (χ0n) is 17.5. The predicted molar refractivity (Wildman–Crippen MR) is 115 cm³/mol. The Hall–Kier alpha value is -3.02. The Labute approximate surface area is 180 Å². The molecule has 2 aromatic rings. The molecule has 0 bridgehead atoms. The zero-order valence-corrected chi connectivity index (χ0v) is 17.5. The SMILES string of the molecule is C#Cc1cc(N(C(=O)NCN2CCN(C)CC2)c2cccc(C(F)(F)F)c2)ccc1C. The first-order chi connectivity index (χ1) is 14.7. The number of anilines is 2.